The van der Waals surface area contributed by atoms with Gasteiger partial charge in [0.25, 0.3) is 5.22 Å². The Kier molecular flexibility index (Phi) is 3.38. The van der Waals surface area contributed by atoms with Crippen LogP contribution in [0.1, 0.15) is 6.92 Å². The van der Waals surface area contributed by atoms with Gasteiger partial charge in [-0.2, -0.15) is 0 Å². The van der Waals surface area contributed by atoms with Gasteiger partial charge in [0.15, 0.2) is 0 Å². The van der Waals surface area contributed by atoms with E-state index in [0.29, 0.717) is 5.89 Å². The molecule has 88 valence electrons. The highest BCUT2D eigenvalue weighted by atomic mass is 32.2. The molecule has 0 aliphatic carbocycles. The van der Waals surface area contributed by atoms with Gasteiger partial charge >= 0.3 is 5.97 Å². The molecular formula is C10H9N3O3S. The predicted octanol–water partition coefficient (Wildman–Crippen LogP) is 1.70. The molecule has 17 heavy (non-hydrogen) atoms. The van der Waals surface area contributed by atoms with Crippen molar-refractivity contribution in [1.29, 1.82) is 0 Å². The van der Waals surface area contributed by atoms with Crippen molar-refractivity contribution in [3.05, 3.63) is 24.5 Å². The molecule has 1 atom stereocenters. The van der Waals surface area contributed by atoms with Gasteiger partial charge in [-0.1, -0.05) is 11.8 Å². The number of carbonyl (C=O) groups is 1. The van der Waals surface area contributed by atoms with Crippen LogP contribution in [0.15, 0.2) is 34.2 Å². The summed E-state index contributed by atoms with van der Waals surface area (Å²) in [5, 5.41) is 16.0. The summed E-state index contributed by atoms with van der Waals surface area (Å²) in [5.74, 6) is -0.564. The predicted molar refractivity (Wildman–Crippen MR) is 60.5 cm³/mol. The molecule has 0 fully saturated rings. The molecule has 0 saturated heterocycles. The lowest BCUT2D eigenvalue weighted by atomic mass is 10.3. The van der Waals surface area contributed by atoms with Crippen LogP contribution >= 0.6 is 11.8 Å². The number of aliphatic carboxylic acids is 1. The van der Waals surface area contributed by atoms with Crippen LogP contribution in [0.5, 0.6) is 0 Å². The average Bonchev–Trinajstić information content (AvgIpc) is 2.78. The summed E-state index contributed by atoms with van der Waals surface area (Å²) >= 11 is 1.01. The first-order valence-corrected chi connectivity index (χ1v) is 5.68. The molecule has 0 radical (unpaired) electrons. The first-order valence-electron chi connectivity index (χ1n) is 4.80. The molecule has 6 nitrogen and oxygen atoms in total. The number of hydrogen-bond acceptors (Lipinski definition) is 6. The lowest BCUT2D eigenvalue weighted by Gasteiger charge is -1.99. The van der Waals surface area contributed by atoms with Crippen molar-refractivity contribution in [2.75, 3.05) is 0 Å². The molecule has 2 aromatic heterocycles. The first-order chi connectivity index (χ1) is 8.16. The molecule has 2 aromatic rings. The lowest BCUT2D eigenvalue weighted by Crippen LogP contribution is -2.10. The highest BCUT2D eigenvalue weighted by Gasteiger charge is 2.17. The Morgan fingerprint density at radius 3 is 2.76 bits per heavy atom. The van der Waals surface area contributed by atoms with E-state index in [2.05, 4.69) is 15.2 Å². The van der Waals surface area contributed by atoms with Gasteiger partial charge in [-0.05, 0) is 19.1 Å². The van der Waals surface area contributed by atoms with Crippen molar-refractivity contribution >= 4 is 17.7 Å². The van der Waals surface area contributed by atoms with Gasteiger partial charge in [0.05, 0.1) is 0 Å². The largest absolute Gasteiger partial charge is 0.480 e. The summed E-state index contributed by atoms with van der Waals surface area (Å²) in [6.45, 7) is 1.56. The Hall–Kier alpha value is -1.89. The number of carboxylic acid groups (broad SMARTS) is 1. The fraction of sp³-hybridized carbons (Fsp3) is 0.200. The number of aromatic nitrogens is 3. The highest BCUT2D eigenvalue weighted by molar-refractivity contribution is 8.00. The van der Waals surface area contributed by atoms with Crippen LogP contribution in [-0.4, -0.2) is 31.5 Å². The van der Waals surface area contributed by atoms with E-state index < -0.39 is 11.2 Å². The van der Waals surface area contributed by atoms with Gasteiger partial charge in [-0.3, -0.25) is 9.78 Å². The maximum Gasteiger partial charge on any atom is 0.316 e. The SMILES string of the molecule is CC(Sc1nnc(-c2ccncc2)o1)C(=O)O. The smallest absolute Gasteiger partial charge is 0.316 e. The quantitative estimate of drug-likeness (QED) is 0.827. The molecule has 7 heteroatoms. The monoisotopic (exact) mass is 251 g/mol. The van der Waals surface area contributed by atoms with Crippen LogP contribution in [0.25, 0.3) is 11.5 Å². The zero-order valence-corrected chi connectivity index (χ0v) is 9.72. The molecule has 0 aliphatic heterocycles. The maximum atomic E-state index is 10.7. The van der Waals surface area contributed by atoms with E-state index in [1.165, 1.54) is 0 Å². The van der Waals surface area contributed by atoms with E-state index in [1.807, 2.05) is 0 Å². The van der Waals surface area contributed by atoms with E-state index in [1.54, 1.807) is 31.5 Å². The van der Waals surface area contributed by atoms with Crippen LogP contribution in [0.4, 0.5) is 0 Å². The van der Waals surface area contributed by atoms with Crippen molar-refractivity contribution in [2.45, 2.75) is 17.4 Å². The Bertz CT molecular complexity index is 515. The van der Waals surface area contributed by atoms with Crippen LogP contribution in [0.2, 0.25) is 0 Å². The lowest BCUT2D eigenvalue weighted by molar-refractivity contribution is -0.136. The topological polar surface area (TPSA) is 89.1 Å². The third kappa shape index (κ3) is 2.82. The maximum absolute atomic E-state index is 10.7. The van der Waals surface area contributed by atoms with Crippen molar-refractivity contribution in [3.8, 4) is 11.5 Å². The van der Waals surface area contributed by atoms with Crippen molar-refractivity contribution in [2.24, 2.45) is 0 Å². The Labute approximate surface area is 101 Å². The normalized spacial score (nSPS) is 12.3. The number of nitrogens with zero attached hydrogens (tertiary/aromatic N) is 3. The van der Waals surface area contributed by atoms with E-state index in [4.69, 9.17) is 9.52 Å². The number of hydrogen-bond donors (Lipinski definition) is 1. The molecule has 2 heterocycles. The van der Waals surface area contributed by atoms with Crippen LogP contribution in [0.3, 0.4) is 0 Å². The fourth-order valence-corrected chi connectivity index (χ4v) is 1.69. The molecule has 1 N–H and O–H groups in total. The number of thioether (sulfide) groups is 1. The molecule has 0 spiro atoms. The van der Waals surface area contributed by atoms with Crippen molar-refractivity contribution < 1.29 is 14.3 Å². The Balaban J connectivity index is 2.14. The second-order valence-corrected chi connectivity index (χ2v) is 4.50. The van der Waals surface area contributed by atoms with E-state index in [-0.39, 0.29) is 5.22 Å². The van der Waals surface area contributed by atoms with Gasteiger partial charge < -0.3 is 9.52 Å². The van der Waals surface area contributed by atoms with E-state index >= 15 is 0 Å². The third-order valence-corrected chi connectivity index (χ3v) is 2.88. The standard InChI is InChI=1S/C10H9N3O3S/c1-6(9(14)15)17-10-13-12-8(16-10)7-2-4-11-5-3-7/h2-6H,1H3,(H,14,15). The Morgan fingerprint density at radius 1 is 1.41 bits per heavy atom. The molecular weight excluding hydrogens is 242 g/mol. The van der Waals surface area contributed by atoms with Crippen molar-refractivity contribution in [1.82, 2.24) is 15.2 Å². The van der Waals surface area contributed by atoms with Crippen molar-refractivity contribution in [3.63, 3.8) is 0 Å². The van der Waals surface area contributed by atoms with Gasteiger partial charge in [0, 0.05) is 18.0 Å². The summed E-state index contributed by atoms with van der Waals surface area (Å²) in [5.41, 5.74) is 0.752. The number of pyridine rings is 1. The summed E-state index contributed by atoms with van der Waals surface area (Å²) in [7, 11) is 0. The van der Waals surface area contributed by atoms with E-state index in [9.17, 15) is 4.79 Å². The molecule has 0 aliphatic rings. The minimum Gasteiger partial charge on any atom is -0.480 e. The van der Waals surface area contributed by atoms with Crippen LogP contribution in [0, 0.1) is 0 Å². The molecule has 0 aromatic carbocycles. The molecule has 0 amide bonds. The molecule has 1 unspecified atom stereocenters. The van der Waals surface area contributed by atoms with Gasteiger partial charge in [-0.25, -0.2) is 0 Å². The minimum absolute atomic E-state index is 0.242. The summed E-state index contributed by atoms with van der Waals surface area (Å²) in [6.07, 6.45) is 3.23. The van der Waals surface area contributed by atoms with Crippen LogP contribution < -0.4 is 0 Å². The molecule has 2 rings (SSSR count). The molecule has 0 saturated carbocycles. The summed E-state index contributed by atoms with van der Waals surface area (Å²) in [4.78, 5) is 14.5. The number of rotatable bonds is 4. The Morgan fingerprint density at radius 2 is 2.12 bits per heavy atom. The molecule has 0 bridgehead atoms. The van der Waals surface area contributed by atoms with Gasteiger partial charge in [0.1, 0.15) is 5.25 Å². The summed E-state index contributed by atoms with van der Waals surface area (Å²) < 4.78 is 5.34. The van der Waals surface area contributed by atoms with Crippen LogP contribution in [-0.2, 0) is 4.79 Å². The number of carboxylic acids is 1. The average molecular weight is 251 g/mol. The fourth-order valence-electron chi connectivity index (χ4n) is 1.07. The van der Waals surface area contributed by atoms with E-state index in [0.717, 1.165) is 17.3 Å². The second kappa shape index (κ2) is 4.96. The van der Waals surface area contributed by atoms with Gasteiger partial charge in [-0.15, -0.1) is 10.2 Å². The third-order valence-electron chi connectivity index (χ3n) is 1.96. The first kappa shape index (κ1) is 11.6. The zero-order valence-electron chi connectivity index (χ0n) is 8.90. The minimum atomic E-state index is -0.918. The highest BCUT2D eigenvalue weighted by Crippen LogP contribution is 2.25. The van der Waals surface area contributed by atoms with Gasteiger partial charge in [0.2, 0.25) is 5.89 Å². The second-order valence-electron chi connectivity index (χ2n) is 3.21. The summed E-state index contributed by atoms with van der Waals surface area (Å²) in [6, 6.07) is 3.48. The zero-order chi connectivity index (χ0) is 12.3.